The Labute approximate surface area is 91.4 Å². The zero-order chi connectivity index (χ0) is 11.4. The van der Waals surface area contributed by atoms with E-state index in [0.29, 0.717) is 17.1 Å². The lowest BCUT2D eigenvalue weighted by molar-refractivity contribution is 0.628. The van der Waals surface area contributed by atoms with Crippen molar-refractivity contribution in [2.45, 2.75) is 0 Å². The van der Waals surface area contributed by atoms with Crippen molar-refractivity contribution in [2.24, 2.45) is 0 Å². The van der Waals surface area contributed by atoms with Gasteiger partial charge in [-0.1, -0.05) is 6.07 Å². The van der Waals surface area contributed by atoms with Crippen molar-refractivity contribution in [1.82, 2.24) is 9.97 Å². The molecule has 16 heavy (non-hydrogen) atoms. The van der Waals surface area contributed by atoms with Crippen LogP contribution >= 0.6 is 0 Å². The molecule has 0 saturated heterocycles. The third kappa shape index (κ3) is 2.12. The van der Waals surface area contributed by atoms with E-state index < -0.39 is 0 Å². The molecular weight excluding hydrogens is 207 g/mol. The van der Waals surface area contributed by atoms with Crippen molar-refractivity contribution in [2.75, 3.05) is 5.32 Å². The van der Waals surface area contributed by atoms with Gasteiger partial charge in [0.05, 0.1) is 6.20 Å². The molecule has 0 saturated carbocycles. The molecular formula is C11H7FN4. The van der Waals surface area contributed by atoms with Crippen LogP contribution in [0.15, 0.2) is 36.8 Å². The van der Waals surface area contributed by atoms with Crippen LogP contribution in [0.4, 0.5) is 15.9 Å². The molecule has 4 nitrogen and oxygen atoms in total. The molecule has 0 spiro atoms. The molecule has 1 aromatic heterocycles. The number of nitrogens with one attached hydrogen (secondary N) is 1. The fraction of sp³-hybridized carbons (Fsp3) is 0. The van der Waals surface area contributed by atoms with Crippen molar-refractivity contribution in [3.63, 3.8) is 0 Å². The molecule has 0 aliphatic carbocycles. The number of anilines is 2. The average Bonchev–Trinajstić information content (AvgIpc) is 2.30. The van der Waals surface area contributed by atoms with E-state index in [2.05, 4.69) is 15.3 Å². The SMILES string of the molecule is N#Cc1cncnc1Nc1cccc(F)c1. The first-order valence-corrected chi connectivity index (χ1v) is 4.52. The second-order valence-corrected chi connectivity index (χ2v) is 3.03. The molecule has 0 fully saturated rings. The normalized spacial score (nSPS) is 9.50. The largest absolute Gasteiger partial charge is 0.339 e. The Morgan fingerprint density at radius 2 is 2.25 bits per heavy atom. The number of nitrogens with zero attached hydrogens (tertiary/aromatic N) is 3. The number of halogens is 1. The molecule has 0 amide bonds. The second kappa shape index (κ2) is 4.36. The molecule has 78 valence electrons. The minimum absolute atomic E-state index is 0.312. The predicted octanol–water partition coefficient (Wildman–Crippen LogP) is 2.23. The highest BCUT2D eigenvalue weighted by atomic mass is 19.1. The van der Waals surface area contributed by atoms with Crippen LogP contribution in [-0.4, -0.2) is 9.97 Å². The Balaban J connectivity index is 2.31. The van der Waals surface area contributed by atoms with E-state index in [1.807, 2.05) is 6.07 Å². The van der Waals surface area contributed by atoms with Crippen LogP contribution in [0, 0.1) is 17.1 Å². The topological polar surface area (TPSA) is 61.6 Å². The Bertz CT molecular complexity index is 548. The van der Waals surface area contributed by atoms with Crippen LogP contribution in [-0.2, 0) is 0 Å². The summed E-state index contributed by atoms with van der Waals surface area (Å²) in [6.45, 7) is 0. The monoisotopic (exact) mass is 214 g/mol. The summed E-state index contributed by atoms with van der Waals surface area (Å²) in [5.74, 6) is 0.0145. The van der Waals surface area contributed by atoms with Crippen molar-refractivity contribution in [1.29, 1.82) is 5.26 Å². The fourth-order valence-corrected chi connectivity index (χ4v) is 1.21. The van der Waals surface area contributed by atoms with Crippen LogP contribution in [0.2, 0.25) is 0 Å². The van der Waals surface area contributed by atoms with Crippen LogP contribution < -0.4 is 5.32 Å². The molecule has 1 heterocycles. The van der Waals surface area contributed by atoms with E-state index in [0.717, 1.165) is 0 Å². The highest BCUT2D eigenvalue weighted by Crippen LogP contribution is 2.17. The third-order valence-corrected chi connectivity index (χ3v) is 1.92. The first-order valence-electron chi connectivity index (χ1n) is 4.52. The summed E-state index contributed by atoms with van der Waals surface area (Å²) in [4.78, 5) is 7.63. The number of aromatic nitrogens is 2. The fourth-order valence-electron chi connectivity index (χ4n) is 1.21. The van der Waals surface area contributed by atoms with E-state index in [9.17, 15) is 4.39 Å². The van der Waals surface area contributed by atoms with E-state index in [-0.39, 0.29) is 5.82 Å². The Morgan fingerprint density at radius 3 is 3.00 bits per heavy atom. The summed E-state index contributed by atoms with van der Waals surface area (Å²) in [5, 5.41) is 11.7. The van der Waals surface area contributed by atoms with E-state index in [1.54, 1.807) is 12.1 Å². The molecule has 0 unspecified atom stereocenters. The summed E-state index contributed by atoms with van der Waals surface area (Å²) in [7, 11) is 0. The zero-order valence-corrected chi connectivity index (χ0v) is 8.18. The van der Waals surface area contributed by atoms with Crippen molar-refractivity contribution < 1.29 is 4.39 Å². The van der Waals surface area contributed by atoms with Gasteiger partial charge in [-0.05, 0) is 18.2 Å². The lowest BCUT2D eigenvalue weighted by Gasteiger charge is -2.05. The summed E-state index contributed by atoms with van der Waals surface area (Å²) >= 11 is 0. The third-order valence-electron chi connectivity index (χ3n) is 1.92. The van der Waals surface area contributed by atoms with Gasteiger partial charge in [-0.2, -0.15) is 5.26 Å². The van der Waals surface area contributed by atoms with Crippen LogP contribution in [0.5, 0.6) is 0 Å². The van der Waals surface area contributed by atoms with Crippen molar-refractivity contribution in [3.05, 3.63) is 48.2 Å². The van der Waals surface area contributed by atoms with Crippen LogP contribution in [0.25, 0.3) is 0 Å². The predicted molar refractivity (Wildman–Crippen MR) is 56.4 cm³/mol. The number of nitriles is 1. The highest BCUT2D eigenvalue weighted by molar-refractivity contribution is 5.61. The Morgan fingerprint density at radius 1 is 1.38 bits per heavy atom. The summed E-state index contributed by atoms with van der Waals surface area (Å²) in [6.07, 6.45) is 2.72. The number of hydrogen-bond donors (Lipinski definition) is 1. The molecule has 0 bridgehead atoms. The van der Waals surface area contributed by atoms with Crippen molar-refractivity contribution >= 4 is 11.5 Å². The van der Waals surface area contributed by atoms with Gasteiger partial charge in [0.2, 0.25) is 0 Å². The number of rotatable bonds is 2. The molecule has 0 aliphatic rings. The molecule has 0 atom stereocenters. The molecule has 0 aliphatic heterocycles. The van der Waals surface area contributed by atoms with Gasteiger partial charge in [0, 0.05) is 5.69 Å². The Kier molecular flexibility index (Phi) is 2.74. The quantitative estimate of drug-likeness (QED) is 0.832. The van der Waals surface area contributed by atoms with Gasteiger partial charge in [-0.15, -0.1) is 0 Å². The van der Waals surface area contributed by atoms with E-state index in [4.69, 9.17) is 5.26 Å². The Hall–Kier alpha value is -2.48. The van der Waals surface area contributed by atoms with Gasteiger partial charge in [-0.3, -0.25) is 0 Å². The molecule has 1 aromatic carbocycles. The molecule has 5 heteroatoms. The van der Waals surface area contributed by atoms with E-state index in [1.165, 1.54) is 24.7 Å². The van der Waals surface area contributed by atoms with E-state index >= 15 is 0 Å². The maximum absolute atomic E-state index is 12.9. The lowest BCUT2D eigenvalue weighted by Crippen LogP contribution is -1.97. The standard InChI is InChI=1S/C11H7FN4/c12-9-2-1-3-10(4-9)16-11-8(5-13)6-14-7-15-11/h1-4,6-7H,(H,14,15,16). The zero-order valence-electron chi connectivity index (χ0n) is 8.18. The van der Waals surface area contributed by atoms with Gasteiger partial charge < -0.3 is 5.32 Å². The summed E-state index contributed by atoms with van der Waals surface area (Å²) in [5.41, 5.74) is 0.849. The van der Waals surface area contributed by atoms with Crippen molar-refractivity contribution in [3.8, 4) is 6.07 Å². The van der Waals surface area contributed by atoms with Gasteiger partial charge in [0.15, 0.2) is 5.82 Å². The average molecular weight is 214 g/mol. The van der Waals surface area contributed by atoms with Crippen LogP contribution in [0.1, 0.15) is 5.56 Å². The maximum Gasteiger partial charge on any atom is 0.151 e. The second-order valence-electron chi connectivity index (χ2n) is 3.03. The van der Waals surface area contributed by atoms with Gasteiger partial charge in [0.25, 0.3) is 0 Å². The minimum atomic E-state index is -0.349. The molecule has 2 aromatic rings. The van der Waals surface area contributed by atoms with Gasteiger partial charge >= 0.3 is 0 Å². The smallest absolute Gasteiger partial charge is 0.151 e. The number of benzene rings is 1. The first-order chi connectivity index (χ1) is 7.79. The summed E-state index contributed by atoms with van der Waals surface area (Å²) in [6, 6.07) is 7.88. The van der Waals surface area contributed by atoms with Gasteiger partial charge in [0.1, 0.15) is 23.8 Å². The maximum atomic E-state index is 12.9. The number of hydrogen-bond acceptors (Lipinski definition) is 4. The van der Waals surface area contributed by atoms with Gasteiger partial charge in [-0.25, -0.2) is 14.4 Å². The summed E-state index contributed by atoms with van der Waals surface area (Å²) < 4.78 is 12.9. The molecule has 1 N–H and O–H groups in total. The lowest BCUT2D eigenvalue weighted by atomic mass is 10.3. The molecule has 0 radical (unpaired) electrons. The first kappa shape index (κ1) is 10.1. The molecule has 2 rings (SSSR count). The minimum Gasteiger partial charge on any atom is -0.339 e. The highest BCUT2D eigenvalue weighted by Gasteiger charge is 2.03. The van der Waals surface area contributed by atoms with Crippen LogP contribution in [0.3, 0.4) is 0 Å².